The van der Waals surface area contributed by atoms with Crippen molar-refractivity contribution in [2.24, 2.45) is 12.0 Å². The second-order valence-corrected chi connectivity index (χ2v) is 8.41. The Kier molecular flexibility index (Phi) is 9.40. The summed E-state index contributed by atoms with van der Waals surface area (Å²) in [5.74, 6) is 0.613. The van der Waals surface area contributed by atoms with Gasteiger partial charge in [-0.05, 0) is 44.4 Å². The Bertz CT molecular complexity index is 903. The normalized spacial score (nSPS) is 13.5. The predicted octanol–water partition coefficient (Wildman–Crippen LogP) is 4.75. The molecule has 174 valence electrons. The van der Waals surface area contributed by atoms with Crippen LogP contribution in [0, 0.1) is 13.8 Å². The van der Waals surface area contributed by atoms with Gasteiger partial charge in [0, 0.05) is 37.8 Å². The van der Waals surface area contributed by atoms with E-state index in [0.29, 0.717) is 18.1 Å². The first kappa shape index (κ1) is 27.3. The van der Waals surface area contributed by atoms with Crippen molar-refractivity contribution in [3.8, 4) is 0 Å². The molecule has 0 saturated carbocycles. The maximum atomic E-state index is 13.1. The minimum atomic E-state index is -4.35. The van der Waals surface area contributed by atoms with Crippen molar-refractivity contribution in [2.45, 2.75) is 58.7 Å². The molecule has 0 amide bonds. The molecule has 1 atom stereocenters. The monoisotopic (exact) mass is 551 g/mol. The Labute approximate surface area is 199 Å². The van der Waals surface area contributed by atoms with Crippen molar-refractivity contribution >= 4 is 29.9 Å². The first-order valence-electron chi connectivity index (χ1n) is 9.99. The molecule has 1 aromatic carbocycles. The maximum absolute atomic E-state index is 13.1. The van der Waals surface area contributed by atoms with Crippen LogP contribution in [0.3, 0.4) is 0 Å². The van der Waals surface area contributed by atoms with Crippen molar-refractivity contribution < 1.29 is 13.2 Å². The molecule has 0 saturated heterocycles. The lowest BCUT2D eigenvalue weighted by Gasteiger charge is -2.28. The van der Waals surface area contributed by atoms with Gasteiger partial charge in [-0.25, -0.2) is 0 Å². The second-order valence-electron chi connectivity index (χ2n) is 8.41. The lowest BCUT2D eigenvalue weighted by molar-refractivity contribution is -0.137. The number of aromatic nitrogens is 2. The number of benzene rings is 1. The quantitative estimate of drug-likeness (QED) is 0.310. The third kappa shape index (κ3) is 7.11. The van der Waals surface area contributed by atoms with Gasteiger partial charge in [0.05, 0.1) is 11.3 Å². The number of halogens is 4. The minimum Gasteiger partial charge on any atom is -0.356 e. The number of aliphatic imine (C=N–C) groups is 1. The van der Waals surface area contributed by atoms with E-state index < -0.39 is 17.2 Å². The van der Waals surface area contributed by atoms with Gasteiger partial charge < -0.3 is 10.6 Å². The van der Waals surface area contributed by atoms with Crippen LogP contribution in [0.1, 0.15) is 48.8 Å². The third-order valence-corrected chi connectivity index (χ3v) is 5.45. The highest BCUT2D eigenvalue weighted by atomic mass is 127. The Morgan fingerprint density at radius 1 is 1.19 bits per heavy atom. The first-order valence-corrected chi connectivity index (χ1v) is 9.99. The molecule has 0 aliphatic carbocycles. The standard InChI is InChI=1S/C22H32F3N5.HI/c1-14(11-19-15(2)29-30(7)16(19)3)28-20(26-6)27-13-21(4,5)17-9-8-10-18(12-17)22(23,24)25;/h8-10,12,14H,11,13H2,1-7H3,(H2,26,27,28);1H. The number of guanidine groups is 1. The lowest BCUT2D eigenvalue weighted by atomic mass is 9.84. The zero-order valence-corrected chi connectivity index (χ0v) is 21.5. The van der Waals surface area contributed by atoms with E-state index in [1.807, 2.05) is 39.4 Å². The molecule has 0 spiro atoms. The van der Waals surface area contributed by atoms with E-state index in [-0.39, 0.29) is 30.0 Å². The summed E-state index contributed by atoms with van der Waals surface area (Å²) in [5, 5.41) is 11.1. The number of nitrogens with one attached hydrogen (secondary N) is 2. The summed E-state index contributed by atoms with van der Waals surface area (Å²) in [7, 11) is 3.61. The van der Waals surface area contributed by atoms with Gasteiger partial charge in [-0.1, -0.05) is 32.0 Å². The van der Waals surface area contributed by atoms with Crippen LogP contribution in [0.15, 0.2) is 29.3 Å². The van der Waals surface area contributed by atoms with Gasteiger partial charge >= 0.3 is 6.18 Å². The SMILES string of the molecule is CN=C(NCC(C)(C)c1cccc(C(F)(F)F)c1)NC(C)Cc1c(C)nn(C)c1C.I. The molecule has 31 heavy (non-hydrogen) atoms. The molecule has 1 heterocycles. The Morgan fingerprint density at radius 3 is 2.32 bits per heavy atom. The molecule has 2 N–H and O–H groups in total. The van der Waals surface area contributed by atoms with E-state index in [0.717, 1.165) is 23.9 Å². The lowest BCUT2D eigenvalue weighted by Crippen LogP contribution is -2.47. The fraction of sp³-hybridized carbons (Fsp3) is 0.545. The van der Waals surface area contributed by atoms with Crippen LogP contribution in [0.4, 0.5) is 13.2 Å². The van der Waals surface area contributed by atoms with Gasteiger partial charge in [-0.15, -0.1) is 24.0 Å². The van der Waals surface area contributed by atoms with Crippen molar-refractivity contribution in [3.05, 3.63) is 52.3 Å². The number of alkyl halides is 3. The average molecular weight is 551 g/mol. The Hall–Kier alpha value is -1.78. The van der Waals surface area contributed by atoms with Gasteiger partial charge in [-0.3, -0.25) is 9.67 Å². The molecule has 2 rings (SSSR count). The zero-order chi connectivity index (χ0) is 22.7. The summed E-state index contributed by atoms with van der Waals surface area (Å²) in [5.41, 5.74) is 2.82. The molecule has 2 aromatic rings. The van der Waals surface area contributed by atoms with E-state index >= 15 is 0 Å². The van der Waals surface area contributed by atoms with Gasteiger partial charge in [-0.2, -0.15) is 18.3 Å². The largest absolute Gasteiger partial charge is 0.416 e. The Balaban J connectivity index is 0.00000480. The van der Waals surface area contributed by atoms with E-state index in [2.05, 4.69) is 27.6 Å². The summed E-state index contributed by atoms with van der Waals surface area (Å²) >= 11 is 0. The molecule has 5 nitrogen and oxygen atoms in total. The van der Waals surface area contributed by atoms with Gasteiger partial charge in [0.25, 0.3) is 0 Å². The van der Waals surface area contributed by atoms with Crippen LogP contribution in [0.2, 0.25) is 0 Å². The van der Waals surface area contributed by atoms with Crippen LogP contribution in [0.25, 0.3) is 0 Å². The minimum absolute atomic E-state index is 0. The summed E-state index contributed by atoms with van der Waals surface area (Å²) in [6.45, 7) is 10.4. The molecule has 1 aromatic heterocycles. The third-order valence-electron chi connectivity index (χ3n) is 5.45. The van der Waals surface area contributed by atoms with Gasteiger partial charge in [0.2, 0.25) is 0 Å². The van der Waals surface area contributed by atoms with Crippen LogP contribution in [-0.2, 0) is 25.1 Å². The van der Waals surface area contributed by atoms with Gasteiger partial charge in [0.1, 0.15) is 0 Å². The molecule has 0 fully saturated rings. The van der Waals surface area contributed by atoms with Crippen molar-refractivity contribution in [3.63, 3.8) is 0 Å². The van der Waals surface area contributed by atoms with Crippen molar-refractivity contribution in [1.82, 2.24) is 20.4 Å². The molecule has 1 unspecified atom stereocenters. The van der Waals surface area contributed by atoms with Crippen LogP contribution in [-0.4, -0.2) is 35.4 Å². The smallest absolute Gasteiger partial charge is 0.356 e. The van der Waals surface area contributed by atoms with E-state index in [1.165, 1.54) is 17.7 Å². The molecular weight excluding hydrogens is 518 g/mol. The first-order chi connectivity index (χ1) is 13.8. The van der Waals surface area contributed by atoms with Crippen molar-refractivity contribution in [2.75, 3.05) is 13.6 Å². The Morgan fingerprint density at radius 2 is 1.81 bits per heavy atom. The molecule has 0 aliphatic rings. The van der Waals surface area contributed by atoms with Crippen LogP contribution in [0.5, 0.6) is 0 Å². The highest BCUT2D eigenvalue weighted by molar-refractivity contribution is 14.0. The fourth-order valence-electron chi connectivity index (χ4n) is 3.42. The molecule has 0 radical (unpaired) electrons. The van der Waals surface area contributed by atoms with E-state index in [9.17, 15) is 13.2 Å². The average Bonchev–Trinajstić information content (AvgIpc) is 2.90. The number of nitrogens with zero attached hydrogens (tertiary/aromatic N) is 3. The summed E-state index contributed by atoms with van der Waals surface area (Å²) in [6.07, 6.45) is -3.56. The summed E-state index contributed by atoms with van der Waals surface area (Å²) in [4.78, 5) is 4.27. The zero-order valence-electron chi connectivity index (χ0n) is 19.2. The number of hydrogen-bond acceptors (Lipinski definition) is 2. The molecular formula is C22H33F3IN5. The predicted molar refractivity (Wildman–Crippen MR) is 130 cm³/mol. The van der Waals surface area contributed by atoms with Crippen LogP contribution < -0.4 is 10.6 Å². The van der Waals surface area contributed by atoms with Crippen LogP contribution >= 0.6 is 24.0 Å². The van der Waals surface area contributed by atoms with E-state index in [4.69, 9.17) is 0 Å². The number of hydrogen-bond donors (Lipinski definition) is 2. The highest BCUT2D eigenvalue weighted by Crippen LogP contribution is 2.32. The fourth-order valence-corrected chi connectivity index (χ4v) is 3.42. The molecule has 9 heteroatoms. The highest BCUT2D eigenvalue weighted by Gasteiger charge is 2.32. The second kappa shape index (κ2) is 10.7. The maximum Gasteiger partial charge on any atom is 0.416 e. The molecule has 0 aliphatic heterocycles. The number of rotatable bonds is 6. The summed E-state index contributed by atoms with van der Waals surface area (Å²) < 4.78 is 41.0. The molecule has 0 bridgehead atoms. The van der Waals surface area contributed by atoms with Gasteiger partial charge in [0.15, 0.2) is 5.96 Å². The van der Waals surface area contributed by atoms with E-state index in [1.54, 1.807) is 13.1 Å². The number of aryl methyl sites for hydroxylation is 2. The summed E-state index contributed by atoms with van der Waals surface area (Å²) in [6, 6.07) is 5.60. The van der Waals surface area contributed by atoms with Crippen molar-refractivity contribution in [1.29, 1.82) is 0 Å². The topological polar surface area (TPSA) is 54.2 Å².